The Bertz CT molecular complexity index is 877. The van der Waals surface area contributed by atoms with Crippen molar-refractivity contribution >= 4 is 29.1 Å². The molecule has 0 unspecified atom stereocenters. The number of benzene rings is 1. The average molecular weight is 394 g/mol. The van der Waals surface area contributed by atoms with E-state index < -0.39 is 29.9 Å². The molecule has 0 radical (unpaired) electrons. The molecule has 2 rings (SSSR count). The van der Waals surface area contributed by atoms with Crippen LogP contribution >= 0.6 is 11.6 Å². The molecule has 0 aliphatic rings. The molecule has 1 heterocycles. The van der Waals surface area contributed by atoms with Gasteiger partial charge in [-0.3, -0.25) is 9.59 Å². The lowest BCUT2D eigenvalue weighted by Gasteiger charge is -2.23. The van der Waals surface area contributed by atoms with Crippen LogP contribution in [0.2, 0.25) is 5.02 Å². The van der Waals surface area contributed by atoms with Crippen molar-refractivity contribution in [3.05, 3.63) is 58.0 Å². The van der Waals surface area contributed by atoms with Crippen molar-refractivity contribution < 1.29 is 15.4 Å². The number of primary amides is 1. The van der Waals surface area contributed by atoms with Gasteiger partial charge < -0.3 is 16.8 Å². The lowest BCUT2D eigenvalue weighted by molar-refractivity contribution is -0.118. The highest BCUT2D eigenvalue weighted by atomic mass is 35.5. The van der Waals surface area contributed by atoms with Gasteiger partial charge in [-0.1, -0.05) is 24.6 Å². The van der Waals surface area contributed by atoms with E-state index in [0.717, 1.165) is 0 Å². The van der Waals surface area contributed by atoms with Gasteiger partial charge >= 0.3 is 0 Å². The van der Waals surface area contributed by atoms with E-state index in [1.807, 2.05) is 0 Å². The van der Waals surface area contributed by atoms with E-state index in [1.165, 1.54) is 30.5 Å². The van der Waals surface area contributed by atoms with Crippen molar-refractivity contribution in [2.75, 3.05) is 5.73 Å². The van der Waals surface area contributed by atoms with Crippen molar-refractivity contribution in [2.45, 2.75) is 38.7 Å². The SMILES string of the molecule is [2H][C@H](C)[C@@H](N[C@@H](C)CC(N)=O)c1ccc(Cl)c(C(=O)c2ccc(N)nc2)c1F. The van der Waals surface area contributed by atoms with Crippen LogP contribution in [-0.4, -0.2) is 22.7 Å². The molecular weight excluding hydrogens is 371 g/mol. The van der Waals surface area contributed by atoms with Crippen molar-refractivity contribution in [3.8, 4) is 0 Å². The number of hydrogen-bond donors (Lipinski definition) is 3. The topological polar surface area (TPSA) is 111 Å². The third-order valence-electron chi connectivity index (χ3n) is 4.04. The summed E-state index contributed by atoms with van der Waals surface area (Å²) >= 11 is 6.10. The van der Waals surface area contributed by atoms with Crippen LogP contribution in [0.3, 0.4) is 0 Å². The van der Waals surface area contributed by atoms with Crippen LogP contribution in [0.5, 0.6) is 0 Å². The summed E-state index contributed by atoms with van der Waals surface area (Å²) in [6, 6.07) is 4.55. The smallest absolute Gasteiger partial charge is 0.218 e. The van der Waals surface area contributed by atoms with E-state index in [1.54, 1.807) is 13.8 Å². The third kappa shape index (κ3) is 5.02. The lowest BCUT2D eigenvalue weighted by atomic mass is 9.96. The van der Waals surface area contributed by atoms with Crippen LogP contribution in [0.1, 0.15) is 55.6 Å². The van der Waals surface area contributed by atoms with Gasteiger partial charge in [0.25, 0.3) is 0 Å². The largest absolute Gasteiger partial charge is 0.384 e. The van der Waals surface area contributed by atoms with E-state index in [-0.39, 0.29) is 40.0 Å². The maximum atomic E-state index is 15.3. The highest BCUT2D eigenvalue weighted by Crippen LogP contribution is 2.30. The Labute approximate surface area is 163 Å². The molecule has 8 heteroatoms. The fourth-order valence-electron chi connectivity index (χ4n) is 2.73. The van der Waals surface area contributed by atoms with Crippen molar-refractivity contribution in [2.24, 2.45) is 5.73 Å². The molecule has 1 aromatic heterocycles. The number of nitrogens with zero attached hydrogens (tertiary/aromatic N) is 1. The first-order chi connectivity index (χ1) is 13.1. The second kappa shape index (κ2) is 8.92. The van der Waals surface area contributed by atoms with Gasteiger partial charge in [-0.25, -0.2) is 9.37 Å². The number of rotatable bonds is 8. The number of nitrogens with one attached hydrogen (secondary N) is 1. The first-order valence-electron chi connectivity index (χ1n) is 8.90. The summed E-state index contributed by atoms with van der Waals surface area (Å²) in [5, 5.41) is 2.97. The van der Waals surface area contributed by atoms with E-state index in [9.17, 15) is 9.59 Å². The molecule has 1 amide bonds. The molecule has 6 nitrogen and oxygen atoms in total. The van der Waals surface area contributed by atoms with Crippen LogP contribution in [0.4, 0.5) is 10.2 Å². The van der Waals surface area contributed by atoms with Crippen molar-refractivity contribution in [3.63, 3.8) is 0 Å². The molecular formula is C19H22ClFN4O2. The average Bonchev–Trinajstić information content (AvgIpc) is 2.60. The van der Waals surface area contributed by atoms with Gasteiger partial charge in [-0.15, -0.1) is 0 Å². The maximum absolute atomic E-state index is 15.3. The number of nitrogens with two attached hydrogens (primary N) is 2. The van der Waals surface area contributed by atoms with Gasteiger partial charge in [0.05, 0.1) is 10.6 Å². The number of aromatic nitrogens is 1. The van der Waals surface area contributed by atoms with E-state index in [4.69, 9.17) is 24.4 Å². The molecule has 27 heavy (non-hydrogen) atoms. The minimum atomic E-state index is -0.822. The number of halogens is 2. The second-order valence-corrected chi connectivity index (χ2v) is 6.58. The lowest BCUT2D eigenvalue weighted by Crippen LogP contribution is -2.34. The molecule has 0 aliphatic carbocycles. The Morgan fingerprint density at radius 1 is 1.37 bits per heavy atom. The van der Waals surface area contributed by atoms with Crippen LogP contribution in [0.25, 0.3) is 0 Å². The number of anilines is 1. The van der Waals surface area contributed by atoms with Gasteiger partial charge in [0.15, 0.2) is 5.78 Å². The predicted octanol–water partition coefficient (Wildman–Crippen LogP) is 2.99. The fourth-order valence-corrected chi connectivity index (χ4v) is 2.97. The van der Waals surface area contributed by atoms with Crippen LogP contribution in [0.15, 0.2) is 30.5 Å². The highest BCUT2D eigenvalue weighted by Gasteiger charge is 2.25. The quantitative estimate of drug-likeness (QED) is 0.597. The number of pyridine rings is 1. The van der Waals surface area contributed by atoms with E-state index in [2.05, 4.69) is 10.3 Å². The van der Waals surface area contributed by atoms with E-state index >= 15 is 4.39 Å². The summed E-state index contributed by atoms with van der Waals surface area (Å²) in [6.45, 7) is 3.29. The second-order valence-electron chi connectivity index (χ2n) is 6.18. The summed E-state index contributed by atoms with van der Waals surface area (Å²) < 4.78 is 23.4. The number of carbonyl (C=O) groups excluding carboxylic acids is 2. The first-order valence-corrected chi connectivity index (χ1v) is 8.70. The van der Waals surface area contributed by atoms with Crippen molar-refractivity contribution in [1.29, 1.82) is 0 Å². The normalized spacial score (nSPS) is 14.9. The molecule has 0 saturated carbocycles. The van der Waals surface area contributed by atoms with Gasteiger partial charge in [0.2, 0.25) is 5.91 Å². The number of amides is 1. The number of ketones is 1. The number of hydrogen-bond acceptors (Lipinski definition) is 5. The van der Waals surface area contributed by atoms with Crippen molar-refractivity contribution in [1.82, 2.24) is 10.3 Å². The minimum Gasteiger partial charge on any atom is -0.384 e. The Kier molecular flexibility index (Phi) is 6.36. The fraction of sp³-hybridized carbons (Fsp3) is 0.316. The summed E-state index contributed by atoms with van der Waals surface area (Å²) in [4.78, 5) is 27.7. The highest BCUT2D eigenvalue weighted by molar-refractivity contribution is 6.35. The zero-order valence-corrected chi connectivity index (χ0v) is 15.8. The zero-order chi connectivity index (χ0) is 21.0. The van der Waals surface area contributed by atoms with Gasteiger partial charge in [-0.2, -0.15) is 0 Å². The molecule has 0 saturated heterocycles. The summed E-state index contributed by atoms with van der Waals surface area (Å²) in [7, 11) is 0. The Hall–Kier alpha value is -2.51. The minimum absolute atomic E-state index is 0.0291. The predicted molar refractivity (Wildman–Crippen MR) is 103 cm³/mol. The summed E-state index contributed by atoms with van der Waals surface area (Å²) in [6.07, 6.45) is 0.506. The standard InChI is InChI=1S/C19H22ClFN4O2/c1-3-14(25-10(2)8-16(23)26)12-5-6-13(20)17(18(12)21)19(27)11-4-7-15(22)24-9-11/h4-7,9-10,14,25H,3,8H2,1-2H3,(H2,22,24)(H2,23,26)/t10-,14+/m0/s1/i3D/t3-,10+,14-/m1. The van der Waals surface area contributed by atoms with Crippen LogP contribution in [-0.2, 0) is 4.79 Å². The third-order valence-corrected chi connectivity index (χ3v) is 4.35. The monoisotopic (exact) mass is 393 g/mol. The van der Waals surface area contributed by atoms with E-state index in [0.29, 0.717) is 0 Å². The van der Waals surface area contributed by atoms with Gasteiger partial charge in [0, 0.05) is 37.2 Å². The maximum Gasteiger partial charge on any atom is 0.218 e. The zero-order valence-electron chi connectivity index (χ0n) is 16.0. The molecule has 1 aromatic carbocycles. The van der Waals surface area contributed by atoms with Gasteiger partial charge in [-0.05, 0) is 31.5 Å². The molecule has 0 bridgehead atoms. The number of nitrogen functional groups attached to an aromatic ring is 1. The Morgan fingerprint density at radius 2 is 2.07 bits per heavy atom. The Morgan fingerprint density at radius 3 is 2.63 bits per heavy atom. The molecule has 5 N–H and O–H groups in total. The Balaban J connectivity index is 2.45. The first kappa shape index (κ1) is 19.3. The molecule has 3 atom stereocenters. The molecule has 0 aliphatic heterocycles. The number of carbonyl (C=O) groups is 2. The molecule has 0 spiro atoms. The van der Waals surface area contributed by atoms with Crippen LogP contribution < -0.4 is 16.8 Å². The molecule has 0 fully saturated rings. The molecule has 2 aromatic rings. The summed E-state index contributed by atoms with van der Waals surface area (Å²) in [5.74, 6) is -1.75. The van der Waals surface area contributed by atoms with Gasteiger partial charge in [0.1, 0.15) is 11.6 Å². The molecule has 144 valence electrons. The summed E-state index contributed by atoms with van der Waals surface area (Å²) in [5.41, 5.74) is 10.7. The van der Waals surface area contributed by atoms with Crippen LogP contribution in [0, 0.1) is 5.82 Å².